The fraction of sp³-hybridized carbons (Fsp3) is 0.312. The summed E-state index contributed by atoms with van der Waals surface area (Å²) in [4.78, 5) is 34.2. The molecule has 53 heavy (non-hydrogen) atoms. The van der Waals surface area contributed by atoms with E-state index >= 15 is 0 Å². The first kappa shape index (κ1) is 44.3. The van der Waals surface area contributed by atoms with Gasteiger partial charge in [0.1, 0.15) is 31.6 Å². The van der Waals surface area contributed by atoms with Gasteiger partial charge < -0.3 is 44.1 Å². The smallest absolute Gasteiger partial charge is 0.374 e. The van der Waals surface area contributed by atoms with E-state index in [4.69, 9.17) is 75.0 Å². The Morgan fingerprint density at radius 3 is 1.55 bits per heavy atom. The van der Waals surface area contributed by atoms with Crippen LogP contribution in [0.1, 0.15) is 53.1 Å². The molecule has 4 aromatic heterocycles. The maximum absolute atomic E-state index is 14.0. The molecular weight excluding hydrogens is 792 g/mol. The molecule has 0 amide bonds. The molecule has 0 fully saturated rings. The summed E-state index contributed by atoms with van der Waals surface area (Å²) < 4.78 is 48.4. The average Bonchev–Trinajstić information content (AvgIpc) is 3.84. The number of carbonyl (C=O) groups excluding carboxylic acids is 1. The molecule has 0 spiro atoms. The van der Waals surface area contributed by atoms with Gasteiger partial charge in [0.25, 0.3) is 0 Å². The quantitative estimate of drug-likeness (QED) is 0.0327. The molecule has 0 aromatic carbocycles. The van der Waals surface area contributed by atoms with Crippen LogP contribution in [-0.4, -0.2) is 55.9 Å². The molecule has 2 unspecified atom stereocenters. The molecule has 15 nitrogen and oxygen atoms in total. The summed E-state index contributed by atoms with van der Waals surface area (Å²) in [7, 11) is 0. The molecule has 0 aliphatic rings. The van der Waals surface area contributed by atoms with E-state index < -0.39 is 36.0 Å². The number of carbonyl (C=O) groups is 2. The summed E-state index contributed by atoms with van der Waals surface area (Å²) in [6.45, 7) is 9.82. The number of rotatable bonds is 13. The van der Waals surface area contributed by atoms with Gasteiger partial charge in [-0.05, 0) is 65.8 Å². The van der Waals surface area contributed by atoms with Crippen LogP contribution in [0.15, 0.2) is 55.9 Å². The third-order valence-corrected chi connectivity index (χ3v) is 7.22. The van der Waals surface area contributed by atoms with E-state index in [2.05, 4.69) is 35.8 Å². The second-order valence-corrected chi connectivity index (χ2v) is 12.2. The fourth-order valence-corrected chi connectivity index (χ4v) is 4.28. The Hall–Kier alpha value is -4.84. The number of ether oxygens (including phenoxy) is 2. The minimum atomic E-state index is -1.25. The zero-order valence-corrected chi connectivity index (χ0v) is 31.9. The highest BCUT2D eigenvalue weighted by Crippen LogP contribution is 2.39. The van der Waals surface area contributed by atoms with Gasteiger partial charge in [-0.3, -0.25) is 0 Å². The van der Waals surface area contributed by atoms with E-state index in [1.165, 1.54) is 26.4 Å². The number of nitrogens with zero attached hydrogens (tertiary/aromatic N) is 4. The zero-order chi connectivity index (χ0) is 39.8. The normalized spacial score (nSPS) is 11.3. The average molecular weight is 826 g/mol. The van der Waals surface area contributed by atoms with Crippen molar-refractivity contribution >= 4 is 81.1 Å². The number of furan rings is 2. The van der Waals surface area contributed by atoms with Gasteiger partial charge in [-0.2, -0.15) is 18.7 Å². The number of hydrogen-bond donors (Lipinski definition) is 4. The van der Waals surface area contributed by atoms with Gasteiger partial charge in [-0.1, -0.05) is 56.7 Å². The first-order valence-corrected chi connectivity index (χ1v) is 16.5. The molecule has 4 N–H and O–H groups in total. The molecule has 2 atom stereocenters. The van der Waals surface area contributed by atoms with Crippen LogP contribution in [-0.2, 0) is 27.5 Å². The SMILES string of the molecule is CC(C)=NO.CC(C)=NOC(=O)C(C)Oc1nc(F)c(Cl)c(NCc2ccco2)c1Cl.CC(Oc1nc(F)c(Cl)c(NCc2ccco2)c1Cl)C(=O)O. The first-order valence-electron chi connectivity index (χ1n) is 15.0. The predicted octanol–water partition coefficient (Wildman–Crippen LogP) is 8.88. The number of pyridine rings is 2. The lowest BCUT2D eigenvalue weighted by molar-refractivity contribution is -0.151. The van der Waals surface area contributed by atoms with Gasteiger partial charge in [0.15, 0.2) is 12.2 Å². The Labute approximate surface area is 321 Å². The number of aromatic nitrogens is 2. The van der Waals surface area contributed by atoms with Crippen LogP contribution < -0.4 is 20.1 Å². The molecule has 0 saturated heterocycles. The van der Waals surface area contributed by atoms with Gasteiger partial charge in [0, 0.05) is 0 Å². The van der Waals surface area contributed by atoms with Crippen molar-refractivity contribution in [3.8, 4) is 11.8 Å². The van der Waals surface area contributed by atoms with Crippen molar-refractivity contribution in [3.63, 3.8) is 0 Å². The standard InChI is InChI=1S/C16H16Cl2FN3O4.C13H11Cl2FN2O4.C3H7NO/c1-8(2)22-26-16(23)9(3)25-15-12(18)13(11(17)14(19)21-15)20-7-10-5-4-6-24-10;1-6(13(19)20)22-12-9(15)10(8(14)11(16)18-12)17-5-7-3-2-4-21-7;1-3(2)4-5/h4-6,9H,7H2,1-3H3,(H,20,21);2-4,6H,5H2,1H3,(H,17,18)(H,19,20);5H,1-2H3. The van der Waals surface area contributed by atoms with Crippen LogP contribution in [0.2, 0.25) is 20.1 Å². The minimum absolute atomic E-state index is 0.0415. The second-order valence-electron chi connectivity index (χ2n) is 10.6. The largest absolute Gasteiger partial charge is 0.479 e. The number of nitrogens with one attached hydrogen (secondary N) is 2. The van der Waals surface area contributed by atoms with Crippen molar-refractivity contribution in [2.75, 3.05) is 10.6 Å². The number of anilines is 2. The van der Waals surface area contributed by atoms with E-state index in [1.54, 1.807) is 52.0 Å². The van der Waals surface area contributed by atoms with E-state index in [9.17, 15) is 18.4 Å². The molecule has 0 radical (unpaired) electrons. The van der Waals surface area contributed by atoms with E-state index in [-0.39, 0.29) is 56.3 Å². The van der Waals surface area contributed by atoms with Crippen LogP contribution in [0.25, 0.3) is 0 Å². The van der Waals surface area contributed by atoms with Gasteiger partial charge >= 0.3 is 11.9 Å². The summed E-state index contributed by atoms with van der Waals surface area (Å²) in [5, 5.41) is 27.7. The number of halogens is 6. The monoisotopic (exact) mass is 824 g/mol. The third-order valence-electron chi connectivity index (χ3n) is 5.83. The topological polar surface area (TPSA) is 203 Å². The van der Waals surface area contributed by atoms with Gasteiger partial charge in [0.2, 0.25) is 23.7 Å². The molecule has 21 heteroatoms. The highest BCUT2D eigenvalue weighted by Gasteiger charge is 2.25. The molecule has 0 saturated carbocycles. The summed E-state index contributed by atoms with van der Waals surface area (Å²) in [5.41, 5.74) is 1.34. The lowest BCUT2D eigenvalue weighted by Crippen LogP contribution is -2.25. The maximum Gasteiger partial charge on any atom is 0.374 e. The Balaban J connectivity index is 0.000000329. The van der Waals surface area contributed by atoms with Crippen molar-refractivity contribution in [1.82, 2.24) is 9.97 Å². The fourth-order valence-electron chi connectivity index (χ4n) is 3.28. The summed E-state index contributed by atoms with van der Waals surface area (Å²) in [5.74, 6) is -3.57. The molecule has 4 rings (SSSR count). The van der Waals surface area contributed by atoms with Gasteiger partial charge in [0.05, 0.1) is 48.4 Å². The second kappa shape index (κ2) is 21.6. The van der Waals surface area contributed by atoms with Crippen LogP contribution in [0.4, 0.5) is 20.2 Å². The van der Waals surface area contributed by atoms with Gasteiger partial charge in [-0.25, -0.2) is 9.59 Å². The molecule has 288 valence electrons. The van der Waals surface area contributed by atoms with E-state index in [0.717, 1.165) is 0 Å². The number of hydrogen-bond acceptors (Lipinski definition) is 14. The lowest BCUT2D eigenvalue weighted by Gasteiger charge is -2.16. The first-order chi connectivity index (χ1) is 25.0. The molecule has 0 aliphatic carbocycles. The third kappa shape index (κ3) is 14.2. The zero-order valence-electron chi connectivity index (χ0n) is 28.8. The summed E-state index contributed by atoms with van der Waals surface area (Å²) in [6, 6.07) is 6.82. The molecule has 4 heterocycles. The summed E-state index contributed by atoms with van der Waals surface area (Å²) in [6.07, 6.45) is 0.608. The highest BCUT2D eigenvalue weighted by atomic mass is 35.5. The van der Waals surface area contributed by atoms with Crippen LogP contribution >= 0.6 is 46.4 Å². The predicted molar refractivity (Wildman–Crippen MR) is 194 cm³/mol. The van der Waals surface area contributed by atoms with Crippen molar-refractivity contribution in [2.45, 2.75) is 66.8 Å². The Morgan fingerprint density at radius 1 is 0.792 bits per heavy atom. The number of oxime groups is 2. The molecule has 0 bridgehead atoms. The van der Waals surface area contributed by atoms with Gasteiger partial charge in [-0.15, -0.1) is 0 Å². The van der Waals surface area contributed by atoms with E-state index in [1.807, 2.05) is 0 Å². The molecular formula is C32H34Cl4F2N6O9. The Morgan fingerprint density at radius 2 is 1.21 bits per heavy atom. The van der Waals surface area contributed by atoms with Crippen LogP contribution in [0, 0.1) is 11.9 Å². The Bertz CT molecular complexity index is 1870. The van der Waals surface area contributed by atoms with Crippen molar-refractivity contribution in [3.05, 3.63) is 80.3 Å². The molecule has 0 aliphatic heterocycles. The number of carboxylic acid groups (broad SMARTS) is 1. The number of aliphatic carboxylic acids is 1. The lowest BCUT2D eigenvalue weighted by atomic mass is 10.3. The van der Waals surface area contributed by atoms with Crippen LogP contribution in [0.3, 0.4) is 0 Å². The van der Waals surface area contributed by atoms with Crippen molar-refractivity contribution in [1.29, 1.82) is 0 Å². The minimum Gasteiger partial charge on any atom is -0.479 e. The van der Waals surface area contributed by atoms with Crippen LogP contribution in [0.5, 0.6) is 11.8 Å². The highest BCUT2D eigenvalue weighted by molar-refractivity contribution is 6.40. The Kier molecular flexibility index (Phi) is 18.1. The maximum atomic E-state index is 14.0. The summed E-state index contributed by atoms with van der Waals surface area (Å²) >= 11 is 24.0. The van der Waals surface area contributed by atoms with Crippen molar-refractivity contribution in [2.24, 2.45) is 10.3 Å². The number of carboxylic acids is 1. The van der Waals surface area contributed by atoms with Crippen molar-refractivity contribution < 1.29 is 51.8 Å². The van der Waals surface area contributed by atoms with E-state index in [0.29, 0.717) is 22.9 Å². The molecule has 4 aromatic rings.